The molecule has 1 amide bonds. The Morgan fingerprint density at radius 2 is 2.00 bits per heavy atom. The van der Waals surface area contributed by atoms with Gasteiger partial charge in [0.15, 0.2) is 5.58 Å². The van der Waals surface area contributed by atoms with Crippen LogP contribution in [-0.2, 0) is 11.3 Å². The fourth-order valence-corrected chi connectivity index (χ4v) is 2.39. The Balaban J connectivity index is 1.70. The average molecular weight is 352 g/mol. The number of aromatic nitrogens is 2. The van der Waals surface area contributed by atoms with Crippen molar-refractivity contribution in [3.8, 4) is 0 Å². The molecule has 0 atom stereocenters. The molecule has 0 unspecified atom stereocenters. The highest BCUT2D eigenvalue weighted by atomic mass is 35.5. The summed E-state index contributed by atoms with van der Waals surface area (Å²) >= 11 is 11.6. The van der Waals surface area contributed by atoms with Crippen LogP contribution in [0, 0.1) is 0 Å². The molecule has 0 aliphatic carbocycles. The van der Waals surface area contributed by atoms with Crippen molar-refractivity contribution >= 4 is 46.0 Å². The fraction of sp³-hybridized carbons (Fsp3) is 0.133. The number of oxazole rings is 1. The van der Waals surface area contributed by atoms with Gasteiger partial charge in [-0.2, -0.15) is 0 Å². The van der Waals surface area contributed by atoms with Crippen LogP contribution in [0.1, 0.15) is 6.42 Å². The van der Waals surface area contributed by atoms with Crippen LogP contribution in [0.3, 0.4) is 0 Å². The Kier molecular flexibility index (Phi) is 4.36. The van der Waals surface area contributed by atoms with Gasteiger partial charge in [0.2, 0.25) is 5.91 Å². The molecule has 1 N–H and O–H groups in total. The highest BCUT2D eigenvalue weighted by Crippen LogP contribution is 2.18. The zero-order valence-electron chi connectivity index (χ0n) is 11.8. The van der Waals surface area contributed by atoms with E-state index < -0.39 is 5.76 Å². The van der Waals surface area contributed by atoms with Gasteiger partial charge < -0.3 is 9.73 Å². The highest BCUT2D eigenvalue weighted by Gasteiger charge is 2.11. The van der Waals surface area contributed by atoms with Crippen molar-refractivity contribution in [3.05, 3.63) is 57.1 Å². The number of carbonyl (C=O) groups excluding carboxylic acids is 1. The molecule has 0 aliphatic rings. The normalized spacial score (nSPS) is 10.9. The Morgan fingerprint density at radius 3 is 2.74 bits per heavy atom. The molecule has 1 aromatic carbocycles. The third kappa shape index (κ3) is 3.55. The smallest absolute Gasteiger partial charge is 0.408 e. The van der Waals surface area contributed by atoms with E-state index in [0.717, 1.165) is 0 Å². The maximum Gasteiger partial charge on any atom is 0.419 e. The number of fused-ring (bicyclic) bond motifs is 1. The van der Waals surface area contributed by atoms with E-state index in [0.29, 0.717) is 27.0 Å². The van der Waals surface area contributed by atoms with Crippen molar-refractivity contribution in [2.75, 3.05) is 5.32 Å². The van der Waals surface area contributed by atoms with Gasteiger partial charge in [0.05, 0.1) is 10.5 Å². The number of rotatable bonds is 4. The van der Waals surface area contributed by atoms with E-state index in [9.17, 15) is 9.59 Å². The average Bonchev–Trinajstić information content (AvgIpc) is 2.82. The summed E-state index contributed by atoms with van der Waals surface area (Å²) in [6.07, 6.45) is 1.54. The number of aryl methyl sites for hydroxylation is 1. The van der Waals surface area contributed by atoms with Crippen molar-refractivity contribution in [1.29, 1.82) is 0 Å². The van der Waals surface area contributed by atoms with Crippen molar-refractivity contribution in [2.24, 2.45) is 0 Å². The monoisotopic (exact) mass is 351 g/mol. The first kappa shape index (κ1) is 15.6. The molecule has 2 aromatic heterocycles. The molecule has 118 valence electrons. The van der Waals surface area contributed by atoms with E-state index in [-0.39, 0.29) is 18.9 Å². The first-order valence-electron chi connectivity index (χ1n) is 6.73. The molecular weight excluding hydrogens is 341 g/mol. The summed E-state index contributed by atoms with van der Waals surface area (Å²) in [5.41, 5.74) is 0.985. The summed E-state index contributed by atoms with van der Waals surface area (Å²) in [4.78, 5) is 27.8. The predicted octanol–water partition coefficient (Wildman–Crippen LogP) is 3.33. The Bertz CT molecular complexity index is 916. The number of amides is 1. The van der Waals surface area contributed by atoms with Crippen LogP contribution in [0.2, 0.25) is 10.0 Å². The number of hydrogen-bond acceptors (Lipinski definition) is 4. The van der Waals surface area contributed by atoms with Crippen LogP contribution in [-0.4, -0.2) is 15.5 Å². The number of carbonyl (C=O) groups is 1. The molecule has 2 heterocycles. The van der Waals surface area contributed by atoms with Gasteiger partial charge in [0.1, 0.15) is 5.82 Å². The summed E-state index contributed by atoms with van der Waals surface area (Å²) in [7, 11) is 0. The first-order valence-corrected chi connectivity index (χ1v) is 7.49. The number of pyridine rings is 1. The Hall–Kier alpha value is -2.31. The molecule has 0 bridgehead atoms. The zero-order valence-corrected chi connectivity index (χ0v) is 13.3. The fourth-order valence-electron chi connectivity index (χ4n) is 2.12. The molecule has 0 fully saturated rings. The zero-order chi connectivity index (χ0) is 16.4. The van der Waals surface area contributed by atoms with E-state index in [2.05, 4.69) is 10.3 Å². The van der Waals surface area contributed by atoms with Gasteiger partial charge in [-0.3, -0.25) is 9.36 Å². The van der Waals surface area contributed by atoms with Gasteiger partial charge >= 0.3 is 5.76 Å². The van der Waals surface area contributed by atoms with Gasteiger partial charge in [-0.05, 0) is 24.3 Å². The van der Waals surface area contributed by atoms with E-state index in [1.54, 1.807) is 30.3 Å². The largest absolute Gasteiger partial charge is 0.419 e. The van der Waals surface area contributed by atoms with Crippen LogP contribution >= 0.6 is 23.2 Å². The molecule has 3 rings (SSSR count). The number of anilines is 1. The van der Waals surface area contributed by atoms with E-state index in [4.69, 9.17) is 27.6 Å². The molecule has 0 spiro atoms. The lowest BCUT2D eigenvalue weighted by Crippen LogP contribution is -2.20. The third-order valence-corrected chi connectivity index (χ3v) is 3.65. The molecule has 23 heavy (non-hydrogen) atoms. The second kappa shape index (κ2) is 6.44. The number of nitrogens with one attached hydrogen (secondary N) is 1. The van der Waals surface area contributed by atoms with Crippen molar-refractivity contribution in [3.63, 3.8) is 0 Å². The molecule has 6 nitrogen and oxygen atoms in total. The highest BCUT2D eigenvalue weighted by molar-refractivity contribution is 6.31. The maximum absolute atomic E-state index is 11.9. The summed E-state index contributed by atoms with van der Waals surface area (Å²) in [5, 5.41) is 3.59. The molecule has 8 heteroatoms. The minimum atomic E-state index is -0.528. The lowest BCUT2D eigenvalue weighted by Gasteiger charge is -2.05. The molecule has 0 radical (unpaired) electrons. The number of nitrogens with zero attached hydrogens (tertiary/aromatic N) is 2. The van der Waals surface area contributed by atoms with E-state index in [1.807, 2.05) is 0 Å². The van der Waals surface area contributed by atoms with Gasteiger partial charge in [-0.15, -0.1) is 0 Å². The molecule has 0 saturated heterocycles. The Morgan fingerprint density at radius 1 is 1.22 bits per heavy atom. The summed E-state index contributed by atoms with van der Waals surface area (Å²) < 4.78 is 6.50. The Labute approximate surface area is 140 Å². The van der Waals surface area contributed by atoms with Crippen molar-refractivity contribution in [1.82, 2.24) is 9.55 Å². The standard InChI is InChI=1S/C15H11Cl2N3O3/c16-9-1-3-11-12(7-9)23-15(22)20(11)6-5-14(21)19-13-4-2-10(17)8-18-13/h1-4,7-8H,5-6H2,(H,18,19,21). The summed E-state index contributed by atoms with van der Waals surface area (Å²) in [6.45, 7) is 0.187. The van der Waals surface area contributed by atoms with Crippen LogP contribution in [0.4, 0.5) is 5.82 Å². The molecular formula is C15H11Cl2N3O3. The van der Waals surface area contributed by atoms with Crippen LogP contribution < -0.4 is 11.1 Å². The second-order valence-electron chi connectivity index (χ2n) is 4.79. The van der Waals surface area contributed by atoms with Crippen LogP contribution in [0.5, 0.6) is 0 Å². The number of hydrogen-bond donors (Lipinski definition) is 1. The minimum absolute atomic E-state index is 0.0987. The molecule has 0 aliphatic heterocycles. The third-order valence-electron chi connectivity index (χ3n) is 3.19. The molecule has 0 saturated carbocycles. The van der Waals surface area contributed by atoms with Crippen LogP contribution in [0.15, 0.2) is 45.7 Å². The minimum Gasteiger partial charge on any atom is -0.408 e. The first-order chi connectivity index (χ1) is 11.0. The van der Waals surface area contributed by atoms with Gasteiger partial charge in [-0.25, -0.2) is 9.78 Å². The lowest BCUT2D eigenvalue weighted by molar-refractivity contribution is -0.116. The van der Waals surface area contributed by atoms with E-state index in [1.165, 1.54) is 10.8 Å². The van der Waals surface area contributed by atoms with Crippen molar-refractivity contribution in [2.45, 2.75) is 13.0 Å². The summed E-state index contributed by atoms with van der Waals surface area (Å²) in [6, 6.07) is 8.13. The number of halogens is 2. The predicted molar refractivity (Wildman–Crippen MR) is 88.0 cm³/mol. The lowest BCUT2D eigenvalue weighted by atomic mass is 10.3. The maximum atomic E-state index is 11.9. The van der Waals surface area contributed by atoms with Gasteiger partial charge in [0, 0.05) is 30.3 Å². The van der Waals surface area contributed by atoms with Gasteiger partial charge in [-0.1, -0.05) is 23.2 Å². The van der Waals surface area contributed by atoms with Gasteiger partial charge in [0.25, 0.3) is 0 Å². The van der Waals surface area contributed by atoms with Crippen molar-refractivity contribution < 1.29 is 9.21 Å². The SMILES string of the molecule is O=C(CCn1c(=O)oc2cc(Cl)ccc21)Nc1ccc(Cl)cn1. The molecule has 3 aromatic rings. The number of benzene rings is 1. The van der Waals surface area contributed by atoms with Crippen LogP contribution in [0.25, 0.3) is 11.1 Å². The second-order valence-corrected chi connectivity index (χ2v) is 5.66. The van der Waals surface area contributed by atoms with E-state index >= 15 is 0 Å². The quantitative estimate of drug-likeness (QED) is 0.781. The summed E-state index contributed by atoms with van der Waals surface area (Å²) in [5.74, 6) is -0.398. The topological polar surface area (TPSA) is 77.1 Å².